The molecule has 0 saturated heterocycles. The van der Waals surface area contributed by atoms with E-state index in [0.717, 1.165) is 11.1 Å². The van der Waals surface area contributed by atoms with Gasteiger partial charge in [0.05, 0.1) is 23.3 Å². The average Bonchev–Trinajstić information content (AvgIpc) is 2.43. The standard InChI is InChI=1S/C15H12ClNO2/c1-10-2-3-11(8-17)7-15(10)19-14-5-4-12(9-18)6-13(14)16/h2-7,18H,9H2,1H3. The Morgan fingerprint density at radius 2 is 2.00 bits per heavy atom. The van der Waals surface area contributed by atoms with Crippen molar-refractivity contribution in [2.24, 2.45) is 0 Å². The van der Waals surface area contributed by atoms with E-state index in [1.807, 2.05) is 13.0 Å². The third kappa shape index (κ3) is 3.05. The molecular weight excluding hydrogens is 262 g/mol. The molecule has 2 aromatic rings. The lowest BCUT2D eigenvalue weighted by molar-refractivity contribution is 0.281. The molecule has 4 heteroatoms. The van der Waals surface area contributed by atoms with Gasteiger partial charge in [-0.05, 0) is 42.3 Å². The molecule has 0 atom stereocenters. The molecule has 0 bridgehead atoms. The zero-order valence-electron chi connectivity index (χ0n) is 10.4. The minimum atomic E-state index is -0.0665. The number of nitriles is 1. The largest absolute Gasteiger partial charge is 0.455 e. The maximum atomic E-state index is 9.02. The maximum absolute atomic E-state index is 9.02. The van der Waals surface area contributed by atoms with Crippen LogP contribution in [0.1, 0.15) is 16.7 Å². The van der Waals surface area contributed by atoms with Crippen molar-refractivity contribution >= 4 is 11.6 Å². The summed E-state index contributed by atoms with van der Waals surface area (Å²) in [7, 11) is 0. The fourth-order valence-corrected chi connectivity index (χ4v) is 1.87. The van der Waals surface area contributed by atoms with E-state index in [9.17, 15) is 0 Å². The second-order valence-corrected chi connectivity index (χ2v) is 4.52. The van der Waals surface area contributed by atoms with E-state index in [1.54, 1.807) is 30.3 Å². The number of nitrogens with zero attached hydrogens (tertiary/aromatic N) is 1. The Kier molecular flexibility index (Phi) is 4.06. The Labute approximate surface area is 116 Å². The van der Waals surface area contributed by atoms with Crippen LogP contribution in [-0.4, -0.2) is 5.11 Å². The van der Waals surface area contributed by atoms with Crippen LogP contribution < -0.4 is 4.74 Å². The summed E-state index contributed by atoms with van der Waals surface area (Å²) in [4.78, 5) is 0. The highest BCUT2D eigenvalue weighted by molar-refractivity contribution is 6.32. The lowest BCUT2D eigenvalue weighted by Gasteiger charge is -2.11. The first kappa shape index (κ1) is 13.4. The fourth-order valence-electron chi connectivity index (χ4n) is 1.62. The molecule has 0 aliphatic rings. The van der Waals surface area contributed by atoms with E-state index in [4.69, 9.17) is 26.7 Å². The SMILES string of the molecule is Cc1ccc(C#N)cc1Oc1ccc(CO)cc1Cl. The van der Waals surface area contributed by atoms with Crippen LogP contribution in [0, 0.1) is 18.3 Å². The minimum absolute atomic E-state index is 0.0665. The summed E-state index contributed by atoms with van der Waals surface area (Å²) in [6.07, 6.45) is 0. The van der Waals surface area contributed by atoms with Crippen LogP contribution in [0.3, 0.4) is 0 Å². The maximum Gasteiger partial charge on any atom is 0.146 e. The Morgan fingerprint density at radius 3 is 2.63 bits per heavy atom. The number of aryl methyl sites for hydroxylation is 1. The zero-order chi connectivity index (χ0) is 13.8. The molecule has 0 heterocycles. The molecule has 96 valence electrons. The summed E-state index contributed by atoms with van der Waals surface area (Å²) in [5, 5.41) is 18.3. The molecule has 0 aliphatic carbocycles. The van der Waals surface area contributed by atoms with Crippen molar-refractivity contribution in [3.63, 3.8) is 0 Å². The molecule has 2 aromatic carbocycles. The van der Waals surface area contributed by atoms with Crippen LogP contribution in [0.25, 0.3) is 0 Å². The van der Waals surface area contributed by atoms with E-state index in [1.165, 1.54) is 0 Å². The smallest absolute Gasteiger partial charge is 0.146 e. The van der Waals surface area contributed by atoms with Crippen molar-refractivity contribution in [2.75, 3.05) is 0 Å². The fraction of sp³-hybridized carbons (Fsp3) is 0.133. The number of hydrogen-bond donors (Lipinski definition) is 1. The first-order chi connectivity index (χ1) is 9.13. The zero-order valence-corrected chi connectivity index (χ0v) is 11.1. The third-order valence-corrected chi connectivity index (χ3v) is 3.01. The summed E-state index contributed by atoms with van der Waals surface area (Å²) in [5.41, 5.74) is 2.17. The third-order valence-electron chi connectivity index (χ3n) is 2.72. The van der Waals surface area contributed by atoms with Crippen LogP contribution in [0.15, 0.2) is 36.4 Å². The number of halogens is 1. The Hall–Kier alpha value is -2.02. The van der Waals surface area contributed by atoms with Crippen LogP contribution in [0.2, 0.25) is 5.02 Å². The lowest BCUT2D eigenvalue weighted by atomic mass is 10.1. The van der Waals surface area contributed by atoms with Gasteiger partial charge < -0.3 is 9.84 Å². The number of aliphatic hydroxyl groups is 1. The molecule has 0 fully saturated rings. The molecule has 0 radical (unpaired) electrons. The monoisotopic (exact) mass is 273 g/mol. The highest BCUT2D eigenvalue weighted by Gasteiger charge is 2.07. The Morgan fingerprint density at radius 1 is 1.21 bits per heavy atom. The van der Waals surface area contributed by atoms with E-state index in [-0.39, 0.29) is 6.61 Å². The van der Waals surface area contributed by atoms with Crippen molar-refractivity contribution in [1.82, 2.24) is 0 Å². The normalized spacial score (nSPS) is 10.0. The summed E-state index contributed by atoms with van der Waals surface area (Å²) in [6.45, 7) is 1.83. The Bertz CT molecular complexity index is 647. The van der Waals surface area contributed by atoms with Crippen molar-refractivity contribution < 1.29 is 9.84 Å². The molecule has 0 amide bonds. The van der Waals surface area contributed by atoms with E-state index in [0.29, 0.717) is 22.1 Å². The van der Waals surface area contributed by atoms with Crippen molar-refractivity contribution in [3.8, 4) is 17.6 Å². The summed E-state index contributed by atoms with van der Waals surface area (Å²) in [6, 6.07) is 12.4. The van der Waals surface area contributed by atoms with Crippen LogP contribution in [0.5, 0.6) is 11.5 Å². The molecule has 3 nitrogen and oxygen atoms in total. The van der Waals surface area contributed by atoms with Gasteiger partial charge in [-0.15, -0.1) is 0 Å². The van der Waals surface area contributed by atoms with E-state index in [2.05, 4.69) is 6.07 Å². The van der Waals surface area contributed by atoms with Gasteiger partial charge >= 0.3 is 0 Å². The predicted octanol–water partition coefficient (Wildman–Crippen LogP) is 3.80. The van der Waals surface area contributed by atoms with Crippen molar-refractivity contribution in [1.29, 1.82) is 5.26 Å². The molecule has 0 spiro atoms. The predicted molar refractivity (Wildman–Crippen MR) is 73.3 cm³/mol. The lowest BCUT2D eigenvalue weighted by Crippen LogP contribution is -1.91. The molecule has 0 saturated carbocycles. The molecule has 2 rings (SSSR count). The van der Waals surface area contributed by atoms with Crippen LogP contribution in [0.4, 0.5) is 0 Å². The molecular formula is C15H12ClNO2. The quantitative estimate of drug-likeness (QED) is 0.925. The molecule has 0 unspecified atom stereocenters. The number of aliphatic hydroxyl groups excluding tert-OH is 1. The van der Waals surface area contributed by atoms with Gasteiger partial charge in [0.2, 0.25) is 0 Å². The summed E-state index contributed by atoms with van der Waals surface area (Å²) >= 11 is 6.08. The van der Waals surface area contributed by atoms with Gasteiger partial charge in [0, 0.05) is 0 Å². The Balaban J connectivity index is 2.33. The number of hydrogen-bond acceptors (Lipinski definition) is 3. The van der Waals surface area contributed by atoms with Gasteiger partial charge in [-0.25, -0.2) is 0 Å². The van der Waals surface area contributed by atoms with Gasteiger partial charge in [-0.1, -0.05) is 23.7 Å². The van der Waals surface area contributed by atoms with Gasteiger partial charge in [-0.2, -0.15) is 5.26 Å². The van der Waals surface area contributed by atoms with E-state index < -0.39 is 0 Å². The highest BCUT2D eigenvalue weighted by Crippen LogP contribution is 2.32. The minimum Gasteiger partial charge on any atom is -0.455 e. The van der Waals surface area contributed by atoms with Crippen molar-refractivity contribution in [3.05, 3.63) is 58.1 Å². The van der Waals surface area contributed by atoms with Crippen LogP contribution in [-0.2, 0) is 6.61 Å². The average molecular weight is 274 g/mol. The van der Waals surface area contributed by atoms with Gasteiger partial charge in [0.25, 0.3) is 0 Å². The molecule has 0 aromatic heterocycles. The first-order valence-electron chi connectivity index (χ1n) is 5.72. The van der Waals surface area contributed by atoms with Crippen molar-refractivity contribution in [2.45, 2.75) is 13.5 Å². The molecule has 0 aliphatic heterocycles. The van der Waals surface area contributed by atoms with Gasteiger partial charge in [-0.3, -0.25) is 0 Å². The molecule has 1 N–H and O–H groups in total. The van der Waals surface area contributed by atoms with E-state index >= 15 is 0 Å². The second-order valence-electron chi connectivity index (χ2n) is 4.12. The number of ether oxygens (including phenoxy) is 1. The first-order valence-corrected chi connectivity index (χ1v) is 6.09. The topological polar surface area (TPSA) is 53.2 Å². The van der Waals surface area contributed by atoms with Crippen LogP contribution >= 0.6 is 11.6 Å². The second kappa shape index (κ2) is 5.75. The summed E-state index contributed by atoms with van der Waals surface area (Å²) in [5.74, 6) is 1.09. The number of benzene rings is 2. The summed E-state index contributed by atoms with van der Waals surface area (Å²) < 4.78 is 5.72. The molecule has 19 heavy (non-hydrogen) atoms. The highest BCUT2D eigenvalue weighted by atomic mass is 35.5. The van der Waals surface area contributed by atoms with Gasteiger partial charge in [0.1, 0.15) is 11.5 Å². The number of rotatable bonds is 3. The van der Waals surface area contributed by atoms with Gasteiger partial charge in [0.15, 0.2) is 0 Å².